The molecule has 0 aliphatic heterocycles. The van der Waals surface area contributed by atoms with Crippen LogP contribution in [0.25, 0.3) is 22.3 Å². The Morgan fingerprint density at radius 2 is 1.61 bits per heavy atom. The summed E-state index contributed by atoms with van der Waals surface area (Å²) in [6.07, 6.45) is -3.12. The summed E-state index contributed by atoms with van der Waals surface area (Å²) < 4.78 is 47.0. The molecule has 1 heterocycles. The van der Waals surface area contributed by atoms with E-state index in [1.807, 2.05) is 24.3 Å². The Morgan fingerprint density at radius 1 is 0.886 bits per heavy atom. The van der Waals surface area contributed by atoms with Gasteiger partial charge in [0.25, 0.3) is 5.91 Å². The van der Waals surface area contributed by atoms with Crippen molar-refractivity contribution in [1.82, 2.24) is 10.3 Å². The summed E-state index contributed by atoms with van der Waals surface area (Å²) >= 11 is 6.30. The molecule has 44 heavy (non-hydrogen) atoms. The van der Waals surface area contributed by atoms with Crippen molar-refractivity contribution >= 4 is 29.2 Å². The molecule has 4 rings (SSSR count). The van der Waals surface area contributed by atoms with Crippen molar-refractivity contribution in [2.75, 3.05) is 11.9 Å². The highest BCUT2D eigenvalue weighted by Gasteiger charge is 2.31. The number of benzene rings is 3. The average Bonchev–Trinajstić information content (AvgIpc) is 2.95. The Balaban J connectivity index is 1.39. The van der Waals surface area contributed by atoms with Crippen molar-refractivity contribution in [3.8, 4) is 28.0 Å². The highest BCUT2D eigenvalue weighted by molar-refractivity contribution is 6.30. The molecule has 0 radical (unpaired) electrons. The molecule has 0 bridgehead atoms. The zero-order valence-electron chi connectivity index (χ0n) is 24.3. The molecule has 1 amide bonds. The van der Waals surface area contributed by atoms with E-state index < -0.39 is 23.8 Å². The number of halogens is 4. The van der Waals surface area contributed by atoms with E-state index in [1.165, 1.54) is 18.2 Å². The molecule has 1 aromatic heterocycles. The first-order valence-corrected chi connectivity index (χ1v) is 14.1. The highest BCUT2D eigenvalue weighted by Crippen LogP contribution is 2.30. The van der Waals surface area contributed by atoms with Gasteiger partial charge in [0.05, 0.1) is 6.42 Å². The van der Waals surface area contributed by atoms with Crippen LogP contribution in [0.4, 0.5) is 18.9 Å². The van der Waals surface area contributed by atoms with Crippen LogP contribution in [0.1, 0.15) is 43.2 Å². The van der Waals surface area contributed by atoms with Crippen molar-refractivity contribution in [1.29, 1.82) is 0 Å². The van der Waals surface area contributed by atoms with Crippen LogP contribution < -0.4 is 15.4 Å². The van der Waals surface area contributed by atoms with Crippen molar-refractivity contribution in [3.05, 3.63) is 101 Å². The molecule has 0 fully saturated rings. The third-order valence-electron chi connectivity index (χ3n) is 6.18. The minimum atomic E-state index is -4.76. The number of aromatic nitrogens is 1. The maximum Gasteiger partial charge on any atom is 0.573 e. The molecular formula is C33H31ClF3N3O4. The Bertz CT molecular complexity index is 1600. The first-order valence-electron chi connectivity index (χ1n) is 13.7. The molecule has 0 unspecified atom stereocenters. The Labute approximate surface area is 258 Å². The number of nitrogens with zero attached hydrogens (tertiary/aromatic N) is 1. The lowest BCUT2D eigenvalue weighted by Crippen LogP contribution is -2.30. The lowest BCUT2D eigenvalue weighted by molar-refractivity contribution is -0.274. The van der Waals surface area contributed by atoms with Crippen LogP contribution in [-0.2, 0) is 16.1 Å². The molecule has 7 nitrogen and oxygen atoms in total. The van der Waals surface area contributed by atoms with Gasteiger partial charge in [-0.3, -0.25) is 14.6 Å². The lowest BCUT2D eigenvalue weighted by Gasteiger charge is -2.19. The molecular weight excluding hydrogens is 595 g/mol. The van der Waals surface area contributed by atoms with E-state index in [2.05, 4.69) is 20.4 Å². The predicted octanol–water partition coefficient (Wildman–Crippen LogP) is 8.04. The molecule has 0 atom stereocenters. The summed E-state index contributed by atoms with van der Waals surface area (Å²) in [4.78, 5) is 28.7. The van der Waals surface area contributed by atoms with E-state index in [4.69, 9.17) is 16.3 Å². The quantitative estimate of drug-likeness (QED) is 0.173. The molecule has 0 spiro atoms. The van der Waals surface area contributed by atoms with E-state index in [1.54, 1.807) is 63.4 Å². The molecule has 4 aromatic rings. The molecule has 3 aromatic carbocycles. The Morgan fingerprint density at radius 3 is 2.27 bits per heavy atom. The predicted molar refractivity (Wildman–Crippen MR) is 163 cm³/mol. The zero-order valence-corrected chi connectivity index (χ0v) is 25.1. The minimum Gasteiger partial charge on any atom is -0.460 e. The molecule has 0 aliphatic rings. The van der Waals surface area contributed by atoms with Crippen LogP contribution in [0.5, 0.6) is 5.75 Å². The number of nitrogens with one attached hydrogen (secondary N) is 2. The number of carbonyl (C=O) groups is 2. The summed E-state index contributed by atoms with van der Waals surface area (Å²) in [6, 6.07) is 21.9. The fourth-order valence-electron chi connectivity index (χ4n) is 4.27. The van der Waals surface area contributed by atoms with Crippen LogP contribution in [0.15, 0.2) is 85.1 Å². The van der Waals surface area contributed by atoms with Gasteiger partial charge in [-0.1, -0.05) is 48.0 Å². The molecule has 2 N–H and O–H groups in total. The maximum absolute atomic E-state index is 12.6. The van der Waals surface area contributed by atoms with E-state index >= 15 is 0 Å². The van der Waals surface area contributed by atoms with E-state index in [0.29, 0.717) is 17.1 Å². The Hall–Kier alpha value is -4.57. The summed E-state index contributed by atoms with van der Waals surface area (Å²) in [5.41, 5.74) is 4.24. The fraction of sp³-hybridized carbons (Fsp3) is 0.242. The molecule has 0 aliphatic carbocycles. The van der Waals surface area contributed by atoms with Crippen molar-refractivity contribution in [2.24, 2.45) is 0 Å². The van der Waals surface area contributed by atoms with Crippen LogP contribution >= 0.6 is 11.6 Å². The number of alkyl halides is 3. The third kappa shape index (κ3) is 9.74. The molecule has 11 heteroatoms. The monoisotopic (exact) mass is 625 g/mol. The summed E-state index contributed by atoms with van der Waals surface area (Å²) in [7, 11) is 0. The fourth-order valence-corrected chi connectivity index (χ4v) is 4.44. The number of esters is 1. The summed E-state index contributed by atoms with van der Waals surface area (Å²) in [5.74, 6) is -1.09. The number of hydrogen-bond acceptors (Lipinski definition) is 6. The number of amides is 1. The number of anilines is 1. The molecule has 0 saturated heterocycles. The highest BCUT2D eigenvalue weighted by atomic mass is 35.5. The van der Waals surface area contributed by atoms with E-state index in [9.17, 15) is 22.8 Å². The first-order chi connectivity index (χ1) is 20.8. The number of pyridine rings is 1. The maximum atomic E-state index is 12.6. The number of ether oxygens (including phenoxy) is 2. The number of carbonyl (C=O) groups excluding carboxylic acids is 2. The second-order valence-electron chi connectivity index (χ2n) is 10.8. The van der Waals surface area contributed by atoms with Gasteiger partial charge in [-0.25, -0.2) is 0 Å². The average molecular weight is 626 g/mol. The minimum absolute atomic E-state index is 0.0484. The van der Waals surface area contributed by atoms with Crippen LogP contribution in [0.2, 0.25) is 5.02 Å². The number of hydrogen-bond donors (Lipinski definition) is 2. The Kier molecular flexibility index (Phi) is 10.2. The van der Waals surface area contributed by atoms with Gasteiger partial charge in [-0.05, 0) is 85.5 Å². The van der Waals surface area contributed by atoms with Gasteiger partial charge in [0.15, 0.2) is 0 Å². The van der Waals surface area contributed by atoms with Gasteiger partial charge in [0.2, 0.25) is 0 Å². The van der Waals surface area contributed by atoms with Gasteiger partial charge in [-0.2, -0.15) is 0 Å². The van der Waals surface area contributed by atoms with Gasteiger partial charge in [0, 0.05) is 35.6 Å². The largest absolute Gasteiger partial charge is 0.573 e. The smallest absolute Gasteiger partial charge is 0.460 e. The van der Waals surface area contributed by atoms with Gasteiger partial charge >= 0.3 is 12.3 Å². The topological polar surface area (TPSA) is 89.5 Å². The SMILES string of the molecule is CC(C)(C)OC(=O)CCNC(=O)c1ccc(-c2cc(Cl)ccc2CNc2ccc(-c3cccc(OC(F)(F)F)c3)cc2)cn1. The van der Waals surface area contributed by atoms with E-state index in [-0.39, 0.29) is 24.4 Å². The first kappa shape index (κ1) is 32.3. The second kappa shape index (κ2) is 13.8. The van der Waals surface area contributed by atoms with Crippen LogP contribution in [0.3, 0.4) is 0 Å². The molecule has 0 saturated carbocycles. The lowest BCUT2D eigenvalue weighted by atomic mass is 10.0. The van der Waals surface area contributed by atoms with Crippen molar-refractivity contribution < 1.29 is 32.2 Å². The standard InChI is InChI=1S/C33H31ClF3N3O4/c1-32(2,3)44-30(41)15-16-38-31(42)29-14-10-24(20-40-29)28-18-25(34)11-7-23(28)19-39-26-12-8-21(9-13-26)22-5-4-6-27(17-22)43-33(35,36)37/h4-14,17-18,20,39H,15-16,19H2,1-3H3,(H,38,42). The van der Waals surface area contributed by atoms with Gasteiger partial charge in [0.1, 0.15) is 17.0 Å². The van der Waals surface area contributed by atoms with Gasteiger partial charge in [-0.15, -0.1) is 13.2 Å². The normalized spacial score (nSPS) is 11.5. The summed E-state index contributed by atoms with van der Waals surface area (Å²) in [5, 5.41) is 6.56. The molecule has 230 valence electrons. The van der Waals surface area contributed by atoms with Crippen molar-refractivity contribution in [2.45, 2.75) is 45.7 Å². The van der Waals surface area contributed by atoms with E-state index in [0.717, 1.165) is 27.9 Å². The van der Waals surface area contributed by atoms with Crippen molar-refractivity contribution in [3.63, 3.8) is 0 Å². The number of rotatable bonds is 10. The second-order valence-corrected chi connectivity index (χ2v) is 11.3. The van der Waals surface area contributed by atoms with Crippen LogP contribution in [-0.4, -0.2) is 35.4 Å². The summed E-state index contributed by atoms with van der Waals surface area (Å²) in [6.45, 7) is 5.90. The zero-order chi connectivity index (χ0) is 31.9. The van der Waals surface area contributed by atoms with Crippen LogP contribution in [0, 0.1) is 0 Å². The third-order valence-corrected chi connectivity index (χ3v) is 6.42. The van der Waals surface area contributed by atoms with Gasteiger partial charge < -0.3 is 20.1 Å².